The molecule has 0 radical (unpaired) electrons. The van der Waals surface area contributed by atoms with Crippen molar-refractivity contribution < 1.29 is 4.52 Å². The molecule has 6 heteroatoms. The number of fused-ring (bicyclic) bond motifs is 1. The number of hydrogen-bond donors (Lipinski definition) is 2. The molecule has 0 spiro atoms. The first-order valence-corrected chi connectivity index (χ1v) is 8.75. The normalized spacial score (nSPS) is 12.7. The van der Waals surface area contributed by atoms with Gasteiger partial charge in [-0.2, -0.15) is 4.98 Å². The van der Waals surface area contributed by atoms with Crippen LogP contribution in [-0.2, 0) is 6.54 Å². The number of H-pyrrole nitrogens is 1. The maximum absolute atomic E-state index is 5.55. The van der Waals surface area contributed by atoms with Crippen LogP contribution >= 0.6 is 0 Å². The first-order chi connectivity index (χ1) is 12.7. The maximum atomic E-state index is 5.55. The minimum absolute atomic E-state index is 0.0258. The first kappa shape index (κ1) is 16.5. The zero-order valence-corrected chi connectivity index (χ0v) is 14.8. The number of aromatic amines is 1. The van der Waals surface area contributed by atoms with Crippen molar-refractivity contribution in [3.05, 3.63) is 66.4 Å². The van der Waals surface area contributed by atoms with E-state index < -0.39 is 0 Å². The third kappa shape index (κ3) is 3.23. The SMILES string of the molecule is CC(C)C(NCc1cccc2[nH]ccc12)c1nc(-c2cccnc2)no1. The minimum Gasteiger partial charge on any atom is -0.361 e. The van der Waals surface area contributed by atoms with Crippen LogP contribution in [0.3, 0.4) is 0 Å². The predicted molar refractivity (Wildman–Crippen MR) is 100 cm³/mol. The van der Waals surface area contributed by atoms with Crippen LogP contribution in [0.5, 0.6) is 0 Å². The highest BCUT2D eigenvalue weighted by Crippen LogP contribution is 2.25. The number of rotatable bonds is 6. The van der Waals surface area contributed by atoms with Gasteiger partial charge in [-0.3, -0.25) is 4.98 Å². The Morgan fingerprint density at radius 3 is 2.88 bits per heavy atom. The maximum Gasteiger partial charge on any atom is 0.244 e. The number of nitrogens with one attached hydrogen (secondary N) is 2. The van der Waals surface area contributed by atoms with Gasteiger partial charge in [0.15, 0.2) is 0 Å². The molecule has 0 saturated heterocycles. The predicted octanol–water partition coefficient (Wildman–Crippen LogP) is 4.10. The van der Waals surface area contributed by atoms with Gasteiger partial charge in [0, 0.05) is 41.6 Å². The molecule has 4 aromatic rings. The van der Waals surface area contributed by atoms with Gasteiger partial charge in [0.2, 0.25) is 11.7 Å². The summed E-state index contributed by atoms with van der Waals surface area (Å²) in [6, 6.07) is 12.1. The summed E-state index contributed by atoms with van der Waals surface area (Å²) < 4.78 is 5.55. The Morgan fingerprint density at radius 2 is 2.08 bits per heavy atom. The van der Waals surface area contributed by atoms with Crippen LogP contribution in [0.15, 0.2) is 59.5 Å². The second-order valence-corrected chi connectivity index (χ2v) is 6.66. The van der Waals surface area contributed by atoms with Crippen molar-refractivity contribution in [3.63, 3.8) is 0 Å². The molecule has 1 aromatic carbocycles. The van der Waals surface area contributed by atoms with E-state index in [9.17, 15) is 0 Å². The Bertz CT molecular complexity index is 990. The topological polar surface area (TPSA) is 79.6 Å². The van der Waals surface area contributed by atoms with Crippen LogP contribution < -0.4 is 5.32 Å². The first-order valence-electron chi connectivity index (χ1n) is 8.75. The Morgan fingerprint density at radius 1 is 1.15 bits per heavy atom. The summed E-state index contributed by atoms with van der Waals surface area (Å²) >= 11 is 0. The van der Waals surface area contributed by atoms with Crippen LogP contribution in [0.2, 0.25) is 0 Å². The molecule has 0 amide bonds. The van der Waals surface area contributed by atoms with Crippen LogP contribution in [-0.4, -0.2) is 20.1 Å². The lowest BCUT2D eigenvalue weighted by Gasteiger charge is -2.19. The molecule has 0 aliphatic heterocycles. The van der Waals surface area contributed by atoms with Gasteiger partial charge in [0.25, 0.3) is 0 Å². The molecule has 0 bridgehead atoms. The highest BCUT2D eigenvalue weighted by molar-refractivity contribution is 5.82. The van der Waals surface area contributed by atoms with E-state index in [0.717, 1.165) is 17.6 Å². The van der Waals surface area contributed by atoms with Gasteiger partial charge >= 0.3 is 0 Å². The third-order valence-electron chi connectivity index (χ3n) is 4.49. The Hall–Kier alpha value is -2.99. The molecule has 1 unspecified atom stereocenters. The van der Waals surface area contributed by atoms with Crippen LogP contribution in [0.1, 0.15) is 31.3 Å². The van der Waals surface area contributed by atoms with Crippen LogP contribution in [0.25, 0.3) is 22.3 Å². The summed E-state index contributed by atoms with van der Waals surface area (Å²) in [4.78, 5) is 11.9. The summed E-state index contributed by atoms with van der Waals surface area (Å²) in [5.41, 5.74) is 3.23. The number of pyridine rings is 1. The van der Waals surface area contributed by atoms with Crippen molar-refractivity contribution in [1.82, 2.24) is 25.4 Å². The fourth-order valence-corrected chi connectivity index (χ4v) is 3.11. The molecule has 2 N–H and O–H groups in total. The van der Waals surface area contributed by atoms with Crippen molar-refractivity contribution >= 4 is 10.9 Å². The molecular weight excluding hydrogens is 326 g/mol. The lowest BCUT2D eigenvalue weighted by Crippen LogP contribution is -2.25. The number of nitrogens with zero attached hydrogens (tertiary/aromatic N) is 3. The van der Waals surface area contributed by atoms with Gasteiger partial charge in [-0.05, 0) is 35.7 Å². The number of benzene rings is 1. The molecule has 26 heavy (non-hydrogen) atoms. The van der Waals surface area contributed by atoms with Gasteiger partial charge < -0.3 is 14.8 Å². The quantitative estimate of drug-likeness (QED) is 0.549. The second-order valence-electron chi connectivity index (χ2n) is 6.66. The molecular formula is C20H21N5O. The van der Waals surface area contributed by atoms with E-state index in [-0.39, 0.29) is 6.04 Å². The lowest BCUT2D eigenvalue weighted by atomic mass is 10.0. The highest BCUT2D eigenvalue weighted by Gasteiger charge is 2.23. The standard InChI is InChI=1S/C20H21N5O/c1-13(2)18(20-24-19(25-26-20)15-6-4-9-21-11-15)23-12-14-5-3-7-17-16(14)8-10-22-17/h3-11,13,18,22-23H,12H2,1-2H3. The van der Waals surface area contributed by atoms with Crippen molar-refractivity contribution in [2.24, 2.45) is 5.92 Å². The number of aromatic nitrogens is 4. The zero-order chi connectivity index (χ0) is 17.9. The van der Waals surface area contributed by atoms with Crippen molar-refractivity contribution in [2.75, 3.05) is 0 Å². The summed E-state index contributed by atoms with van der Waals surface area (Å²) in [5.74, 6) is 1.47. The molecule has 4 rings (SSSR count). The Labute approximate surface area is 151 Å². The van der Waals surface area contributed by atoms with Crippen molar-refractivity contribution in [1.29, 1.82) is 0 Å². The molecule has 3 heterocycles. The molecule has 0 saturated carbocycles. The van der Waals surface area contributed by atoms with E-state index in [1.54, 1.807) is 12.4 Å². The van der Waals surface area contributed by atoms with E-state index in [1.165, 1.54) is 10.9 Å². The molecule has 132 valence electrons. The van der Waals surface area contributed by atoms with E-state index in [0.29, 0.717) is 17.6 Å². The van der Waals surface area contributed by atoms with E-state index >= 15 is 0 Å². The van der Waals surface area contributed by atoms with Crippen molar-refractivity contribution in [3.8, 4) is 11.4 Å². The second kappa shape index (κ2) is 7.09. The molecule has 6 nitrogen and oxygen atoms in total. The summed E-state index contributed by atoms with van der Waals surface area (Å²) in [6.07, 6.45) is 5.43. The largest absolute Gasteiger partial charge is 0.361 e. The molecule has 0 aliphatic rings. The van der Waals surface area contributed by atoms with Gasteiger partial charge in [-0.15, -0.1) is 0 Å². The Balaban J connectivity index is 1.55. The molecule has 3 aromatic heterocycles. The molecule has 1 atom stereocenters. The number of hydrogen-bond acceptors (Lipinski definition) is 5. The fraction of sp³-hybridized carbons (Fsp3) is 0.250. The summed E-state index contributed by atoms with van der Waals surface area (Å²) in [7, 11) is 0. The zero-order valence-electron chi connectivity index (χ0n) is 14.8. The van der Waals surface area contributed by atoms with Crippen molar-refractivity contribution in [2.45, 2.75) is 26.4 Å². The van der Waals surface area contributed by atoms with Crippen LogP contribution in [0.4, 0.5) is 0 Å². The third-order valence-corrected chi connectivity index (χ3v) is 4.49. The average Bonchev–Trinajstić information content (AvgIpc) is 3.32. The monoisotopic (exact) mass is 347 g/mol. The Kier molecular flexibility index (Phi) is 4.50. The minimum atomic E-state index is -0.0258. The smallest absolute Gasteiger partial charge is 0.244 e. The fourth-order valence-electron chi connectivity index (χ4n) is 3.11. The van der Waals surface area contributed by atoms with Gasteiger partial charge in [0.05, 0.1) is 6.04 Å². The van der Waals surface area contributed by atoms with E-state index in [4.69, 9.17) is 4.52 Å². The highest BCUT2D eigenvalue weighted by atomic mass is 16.5. The van der Waals surface area contributed by atoms with Gasteiger partial charge in [0.1, 0.15) is 0 Å². The van der Waals surface area contributed by atoms with Crippen LogP contribution in [0, 0.1) is 5.92 Å². The van der Waals surface area contributed by atoms with Gasteiger partial charge in [-0.1, -0.05) is 31.1 Å². The summed E-state index contributed by atoms with van der Waals surface area (Å²) in [6.45, 7) is 5.01. The average molecular weight is 347 g/mol. The van der Waals surface area contributed by atoms with E-state index in [1.807, 2.05) is 18.3 Å². The lowest BCUT2D eigenvalue weighted by molar-refractivity contribution is 0.288. The van der Waals surface area contributed by atoms with Gasteiger partial charge in [-0.25, -0.2) is 0 Å². The van der Waals surface area contributed by atoms with E-state index in [2.05, 4.69) is 63.5 Å². The molecule has 0 fully saturated rings. The summed E-state index contributed by atoms with van der Waals surface area (Å²) in [5, 5.41) is 8.91. The molecule has 0 aliphatic carbocycles.